The molecule has 3 nitrogen and oxygen atoms in total. The molecule has 0 spiro atoms. The molecule has 2 rings (SSSR count). The van der Waals surface area contributed by atoms with E-state index in [0.29, 0.717) is 18.2 Å². The molecule has 25 heavy (non-hydrogen) atoms. The maximum absolute atomic E-state index is 13.7. The van der Waals surface area contributed by atoms with Crippen molar-refractivity contribution in [1.29, 1.82) is 0 Å². The van der Waals surface area contributed by atoms with Gasteiger partial charge in [0.25, 0.3) is 10.0 Å². The number of benzene rings is 2. The van der Waals surface area contributed by atoms with Crippen LogP contribution in [-0.2, 0) is 16.2 Å². The third kappa shape index (κ3) is 4.50. The van der Waals surface area contributed by atoms with Crippen molar-refractivity contribution in [3.8, 4) is 0 Å². The Bertz CT molecular complexity index is 846. The number of nitrogens with one attached hydrogen (secondary N) is 1. The average molecular weight is 375 g/mol. The summed E-state index contributed by atoms with van der Waals surface area (Å²) in [4.78, 5) is -0.156. The minimum absolute atomic E-state index is 0.156. The van der Waals surface area contributed by atoms with Crippen molar-refractivity contribution < 1.29 is 26.0 Å². The van der Waals surface area contributed by atoms with Crippen LogP contribution in [0.1, 0.15) is 37.3 Å². The molecule has 0 heterocycles. The molecule has 1 unspecified atom stereocenters. The Morgan fingerprint density at radius 1 is 1.08 bits per heavy atom. The Morgan fingerprint density at radius 3 is 2.20 bits per heavy atom. The van der Waals surface area contributed by atoms with E-state index >= 15 is 0 Å². The Kier molecular flexibility index (Phi) is 5.41. The summed E-state index contributed by atoms with van der Waals surface area (Å²) in [5.41, 5.74) is -0.953. The summed E-state index contributed by atoms with van der Waals surface area (Å²) < 4.78 is 78.3. The fourth-order valence-electron chi connectivity index (χ4n) is 2.19. The van der Waals surface area contributed by atoms with Crippen LogP contribution in [0.25, 0.3) is 0 Å². The minimum atomic E-state index is -4.70. The predicted octanol–water partition coefficient (Wildman–Crippen LogP) is 5.16. The molecule has 0 fully saturated rings. The molecule has 136 valence electrons. The van der Waals surface area contributed by atoms with Gasteiger partial charge >= 0.3 is 6.18 Å². The summed E-state index contributed by atoms with van der Waals surface area (Å²) in [6.07, 6.45) is -3.83. The topological polar surface area (TPSA) is 46.2 Å². The third-order valence-corrected chi connectivity index (χ3v) is 5.29. The maximum atomic E-state index is 13.7. The first kappa shape index (κ1) is 19.2. The van der Waals surface area contributed by atoms with Crippen molar-refractivity contribution in [3.63, 3.8) is 0 Å². The van der Waals surface area contributed by atoms with Crippen LogP contribution < -0.4 is 4.72 Å². The zero-order valence-corrected chi connectivity index (χ0v) is 14.4. The number of anilines is 1. The van der Waals surface area contributed by atoms with Crippen LogP contribution in [0.5, 0.6) is 0 Å². The molecular formula is C17H17F4NO2S. The van der Waals surface area contributed by atoms with Crippen LogP contribution in [-0.4, -0.2) is 8.42 Å². The number of rotatable bonds is 5. The first-order valence-corrected chi connectivity index (χ1v) is 9.02. The second kappa shape index (κ2) is 7.03. The highest BCUT2D eigenvalue weighted by Crippen LogP contribution is 2.32. The molecule has 0 aromatic heterocycles. The van der Waals surface area contributed by atoms with Gasteiger partial charge in [-0.3, -0.25) is 4.72 Å². The highest BCUT2D eigenvalue weighted by atomic mass is 32.2. The van der Waals surface area contributed by atoms with E-state index in [1.165, 1.54) is 12.1 Å². The van der Waals surface area contributed by atoms with Crippen LogP contribution in [0, 0.1) is 5.82 Å². The molecular weight excluding hydrogens is 358 g/mol. The van der Waals surface area contributed by atoms with E-state index in [0.717, 1.165) is 12.0 Å². The molecule has 0 radical (unpaired) electrons. The van der Waals surface area contributed by atoms with E-state index in [4.69, 9.17) is 0 Å². The summed E-state index contributed by atoms with van der Waals surface area (Å²) in [6, 6.07) is 7.50. The fraction of sp³-hybridized carbons (Fsp3) is 0.294. The molecule has 0 saturated heterocycles. The quantitative estimate of drug-likeness (QED) is 0.734. The molecule has 1 N–H and O–H groups in total. The van der Waals surface area contributed by atoms with Gasteiger partial charge in [-0.05, 0) is 48.2 Å². The smallest absolute Gasteiger partial charge is 0.277 e. The van der Waals surface area contributed by atoms with Gasteiger partial charge in [-0.25, -0.2) is 12.8 Å². The number of hydrogen-bond donors (Lipinski definition) is 1. The Morgan fingerprint density at radius 2 is 1.68 bits per heavy atom. The Balaban J connectivity index is 2.33. The summed E-state index contributed by atoms with van der Waals surface area (Å²) in [6.45, 7) is 3.98. The fourth-order valence-corrected chi connectivity index (χ4v) is 3.25. The molecule has 8 heteroatoms. The predicted molar refractivity (Wildman–Crippen MR) is 87.4 cm³/mol. The summed E-state index contributed by atoms with van der Waals surface area (Å²) in [7, 11) is -4.20. The molecule has 0 aliphatic rings. The molecule has 1 atom stereocenters. The van der Waals surface area contributed by atoms with Crippen molar-refractivity contribution in [3.05, 3.63) is 59.4 Å². The van der Waals surface area contributed by atoms with Crippen LogP contribution in [0.4, 0.5) is 23.2 Å². The van der Waals surface area contributed by atoms with Gasteiger partial charge in [-0.15, -0.1) is 0 Å². The second-order valence-electron chi connectivity index (χ2n) is 5.68. The van der Waals surface area contributed by atoms with E-state index in [1.54, 1.807) is 12.1 Å². The standard InChI is InChI=1S/C17H17F4NO2S/c1-3-11(2)12-4-7-14(8-5-12)25(23,24)22-16-10-13(17(19,20)21)6-9-15(16)18/h4-11,22H,3H2,1-2H3. The second-order valence-corrected chi connectivity index (χ2v) is 7.36. The van der Waals surface area contributed by atoms with Gasteiger partial charge in [0.15, 0.2) is 0 Å². The molecule has 0 amide bonds. The lowest BCUT2D eigenvalue weighted by Gasteiger charge is -2.13. The molecule has 0 aliphatic carbocycles. The Hall–Kier alpha value is -2.09. The SMILES string of the molecule is CCC(C)c1ccc(S(=O)(=O)Nc2cc(C(F)(F)F)ccc2F)cc1. The lowest BCUT2D eigenvalue weighted by Crippen LogP contribution is -2.15. The molecule has 2 aromatic carbocycles. The Labute approximate surface area is 143 Å². The number of alkyl halides is 3. The van der Waals surface area contributed by atoms with Crippen molar-refractivity contribution in [2.45, 2.75) is 37.3 Å². The first-order valence-electron chi connectivity index (χ1n) is 7.54. The highest BCUT2D eigenvalue weighted by Gasteiger charge is 2.31. The van der Waals surface area contributed by atoms with Gasteiger partial charge in [0.1, 0.15) is 5.82 Å². The van der Waals surface area contributed by atoms with Gasteiger partial charge < -0.3 is 0 Å². The zero-order chi connectivity index (χ0) is 18.8. The van der Waals surface area contributed by atoms with Crippen molar-refractivity contribution in [2.75, 3.05) is 4.72 Å². The highest BCUT2D eigenvalue weighted by molar-refractivity contribution is 7.92. The van der Waals surface area contributed by atoms with Crippen LogP contribution in [0.3, 0.4) is 0 Å². The summed E-state index contributed by atoms with van der Waals surface area (Å²) in [5, 5.41) is 0. The molecule has 0 bridgehead atoms. The van der Waals surface area contributed by atoms with Gasteiger partial charge in [-0.2, -0.15) is 13.2 Å². The molecule has 2 aromatic rings. The normalized spacial score (nSPS) is 13.5. The van der Waals surface area contributed by atoms with E-state index in [-0.39, 0.29) is 10.8 Å². The largest absolute Gasteiger partial charge is 0.416 e. The molecule has 0 saturated carbocycles. The third-order valence-electron chi connectivity index (χ3n) is 3.91. The minimum Gasteiger partial charge on any atom is -0.277 e. The van der Waals surface area contributed by atoms with Crippen molar-refractivity contribution in [2.24, 2.45) is 0 Å². The summed E-state index contributed by atoms with van der Waals surface area (Å²) >= 11 is 0. The van der Waals surface area contributed by atoms with Gasteiger partial charge in [-0.1, -0.05) is 26.0 Å². The van der Waals surface area contributed by atoms with Crippen LogP contribution >= 0.6 is 0 Å². The maximum Gasteiger partial charge on any atom is 0.416 e. The van der Waals surface area contributed by atoms with E-state index in [9.17, 15) is 26.0 Å². The lowest BCUT2D eigenvalue weighted by atomic mass is 9.99. The number of halogens is 4. The van der Waals surface area contributed by atoms with Crippen LogP contribution in [0.2, 0.25) is 0 Å². The van der Waals surface area contributed by atoms with E-state index in [2.05, 4.69) is 0 Å². The zero-order valence-electron chi connectivity index (χ0n) is 13.6. The van der Waals surface area contributed by atoms with Gasteiger partial charge in [0, 0.05) is 0 Å². The van der Waals surface area contributed by atoms with Gasteiger partial charge in [0.2, 0.25) is 0 Å². The average Bonchev–Trinajstić information content (AvgIpc) is 2.55. The van der Waals surface area contributed by atoms with E-state index < -0.39 is 33.3 Å². The van der Waals surface area contributed by atoms with Crippen LogP contribution in [0.15, 0.2) is 47.4 Å². The number of sulfonamides is 1. The summed E-state index contributed by atoms with van der Waals surface area (Å²) in [5.74, 6) is -0.849. The first-order chi connectivity index (χ1) is 11.5. The van der Waals surface area contributed by atoms with Crippen molar-refractivity contribution in [1.82, 2.24) is 0 Å². The lowest BCUT2D eigenvalue weighted by molar-refractivity contribution is -0.137. The molecule has 0 aliphatic heterocycles. The van der Waals surface area contributed by atoms with E-state index in [1.807, 2.05) is 18.6 Å². The van der Waals surface area contributed by atoms with Gasteiger partial charge in [0.05, 0.1) is 16.1 Å². The monoisotopic (exact) mass is 375 g/mol. The number of hydrogen-bond acceptors (Lipinski definition) is 2. The van der Waals surface area contributed by atoms with Crippen molar-refractivity contribution >= 4 is 15.7 Å².